The second-order valence-electron chi connectivity index (χ2n) is 7.28. The Hall–Kier alpha value is -2.74. The van der Waals surface area contributed by atoms with Crippen LogP contribution in [-0.4, -0.2) is 59.4 Å². The van der Waals surface area contributed by atoms with Crippen LogP contribution < -0.4 is 10.2 Å². The number of amides is 4. The minimum absolute atomic E-state index is 0.106. The molecule has 8 nitrogen and oxygen atoms in total. The number of rotatable bonds is 5. The molecule has 27 heavy (non-hydrogen) atoms. The number of piperidine rings is 1. The number of carbonyl (C=O) groups is 4. The van der Waals surface area contributed by atoms with Crippen molar-refractivity contribution in [1.29, 1.82) is 0 Å². The summed E-state index contributed by atoms with van der Waals surface area (Å²) in [6, 6.07) is 4.22. The Morgan fingerprint density at radius 2 is 1.89 bits per heavy atom. The number of anilines is 1. The normalized spacial score (nSPS) is 22.8. The third-order valence-corrected chi connectivity index (χ3v) is 5.51. The largest absolute Gasteiger partial charge is 0.396 e. The van der Waals surface area contributed by atoms with E-state index >= 15 is 0 Å². The Labute approximate surface area is 156 Å². The maximum absolute atomic E-state index is 13.0. The molecule has 2 fully saturated rings. The molecule has 8 heteroatoms. The van der Waals surface area contributed by atoms with Gasteiger partial charge in [0.05, 0.1) is 16.8 Å². The number of hydrogen-bond donors (Lipinski definition) is 2. The first-order valence-electron chi connectivity index (χ1n) is 9.21. The highest BCUT2D eigenvalue weighted by molar-refractivity contribution is 6.25. The zero-order chi connectivity index (χ0) is 19.1. The van der Waals surface area contributed by atoms with Crippen LogP contribution in [0, 0.1) is 5.92 Å². The first kappa shape index (κ1) is 17.7. The highest BCUT2D eigenvalue weighted by Crippen LogP contribution is 2.37. The Morgan fingerprint density at radius 1 is 1.11 bits per heavy atom. The Bertz CT molecular complexity index is 831. The summed E-state index contributed by atoms with van der Waals surface area (Å²) in [6.07, 6.45) is 1.94. The van der Waals surface area contributed by atoms with Gasteiger partial charge in [-0.2, -0.15) is 0 Å². The summed E-state index contributed by atoms with van der Waals surface area (Å²) in [7, 11) is 0. The highest BCUT2D eigenvalue weighted by Gasteiger charge is 2.46. The van der Waals surface area contributed by atoms with Gasteiger partial charge in [0.25, 0.3) is 11.8 Å². The lowest BCUT2D eigenvalue weighted by Gasteiger charge is -2.42. The van der Waals surface area contributed by atoms with Gasteiger partial charge in [-0.15, -0.1) is 0 Å². The van der Waals surface area contributed by atoms with E-state index in [0.717, 1.165) is 30.8 Å². The number of benzene rings is 1. The van der Waals surface area contributed by atoms with Crippen LogP contribution in [-0.2, 0) is 9.59 Å². The fourth-order valence-electron chi connectivity index (χ4n) is 4.09. The van der Waals surface area contributed by atoms with Crippen LogP contribution in [0.1, 0.15) is 46.4 Å². The second kappa shape index (κ2) is 6.77. The van der Waals surface area contributed by atoms with Gasteiger partial charge in [0.2, 0.25) is 11.8 Å². The zero-order valence-corrected chi connectivity index (χ0v) is 14.8. The lowest BCUT2D eigenvalue weighted by molar-refractivity contribution is -0.136. The molecule has 1 atom stereocenters. The van der Waals surface area contributed by atoms with E-state index in [9.17, 15) is 19.2 Å². The van der Waals surface area contributed by atoms with E-state index in [4.69, 9.17) is 5.11 Å². The Morgan fingerprint density at radius 3 is 2.59 bits per heavy atom. The molecule has 1 aromatic carbocycles. The van der Waals surface area contributed by atoms with Gasteiger partial charge in [-0.3, -0.25) is 29.4 Å². The minimum Gasteiger partial charge on any atom is -0.396 e. The van der Waals surface area contributed by atoms with Gasteiger partial charge in [0.1, 0.15) is 6.04 Å². The summed E-state index contributed by atoms with van der Waals surface area (Å²) in [5.74, 6) is -1.48. The number of aliphatic hydroxyl groups is 1. The Balaban J connectivity index is 1.57. The lowest BCUT2D eigenvalue weighted by Crippen LogP contribution is -2.54. The number of fused-ring (bicyclic) bond motifs is 1. The van der Waals surface area contributed by atoms with Gasteiger partial charge < -0.3 is 10.0 Å². The molecular weight excluding hydrogens is 350 g/mol. The van der Waals surface area contributed by atoms with Crippen LogP contribution in [0.25, 0.3) is 0 Å². The maximum Gasteiger partial charge on any atom is 0.264 e. The predicted octanol–water partition coefficient (Wildman–Crippen LogP) is 0.296. The second-order valence-corrected chi connectivity index (χ2v) is 7.28. The molecular formula is C19H21N3O5. The third kappa shape index (κ3) is 2.90. The van der Waals surface area contributed by atoms with Gasteiger partial charge >= 0.3 is 0 Å². The van der Waals surface area contributed by atoms with Crippen LogP contribution in [0.3, 0.4) is 0 Å². The van der Waals surface area contributed by atoms with Gasteiger partial charge in [-0.1, -0.05) is 6.07 Å². The van der Waals surface area contributed by atoms with Crippen molar-refractivity contribution in [1.82, 2.24) is 10.2 Å². The van der Waals surface area contributed by atoms with Crippen molar-refractivity contribution < 1.29 is 24.3 Å². The van der Waals surface area contributed by atoms with E-state index in [0.29, 0.717) is 22.7 Å². The van der Waals surface area contributed by atoms with Crippen molar-refractivity contribution in [2.45, 2.75) is 31.7 Å². The van der Waals surface area contributed by atoms with Crippen LogP contribution >= 0.6 is 0 Å². The SMILES string of the molecule is O=C1CCC(N2C(=O)c3cccc(N4CC(CCCO)C4)c3C2=O)C(=O)N1. The van der Waals surface area contributed by atoms with Crippen LogP contribution in [0.15, 0.2) is 18.2 Å². The average Bonchev–Trinajstić information content (AvgIpc) is 2.86. The van der Waals surface area contributed by atoms with Gasteiger partial charge in [0.15, 0.2) is 0 Å². The van der Waals surface area contributed by atoms with E-state index in [1.165, 1.54) is 0 Å². The number of aliphatic hydroxyl groups excluding tert-OH is 1. The molecule has 3 aliphatic heterocycles. The molecule has 4 amide bonds. The fraction of sp³-hybridized carbons (Fsp3) is 0.474. The first-order chi connectivity index (χ1) is 13.0. The van der Waals surface area contributed by atoms with Crippen molar-refractivity contribution >= 4 is 29.3 Å². The molecule has 0 radical (unpaired) electrons. The fourth-order valence-corrected chi connectivity index (χ4v) is 4.09. The topological polar surface area (TPSA) is 107 Å². The van der Waals surface area contributed by atoms with E-state index in [1.807, 2.05) is 6.07 Å². The maximum atomic E-state index is 13.0. The number of hydrogen-bond acceptors (Lipinski definition) is 6. The smallest absolute Gasteiger partial charge is 0.264 e. The minimum atomic E-state index is -0.948. The van der Waals surface area contributed by atoms with Crippen LogP contribution in [0.2, 0.25) is 0 Å². The Kier molecular flexibility index (Phi) is 4.43. The molecule has 2 saturated heterocycles. The number of imide groups is 2. The molecule has 0 saturated carbocycles. The monoisotopic (exact) mass is 371 g/mol. The average molecular weight is 371 g/mol. The number of carbonyl (C=O) groups excluding carboxylic acids is 4. The summed E-state index contributed by atoms with van der Waals surface area (Å²) in [4.78, 5) is 52.4. The molecule has 1 aromatic rings. The molecule has 4 rings (SSSR count). The van der Waals surface area contributed by atoms with Crippen molar-refractivity contribution in [3.05, 3.63) is 29.3 Å². The van der Waals surface area contributed by atoms with E-state index in [-0.39, 0.29) is 25.4 Å². The number of nitrogens with zero attached hydrogens (tertiary/aromatic N) is 2. The third-order valence-electron chi connectivity index (χ3n) is 5.51. The summed E-state index contributed by atoms with van der Waals surface area (Å²) >= 11 is 0. The van der Waals surface area contributed by atoms with E-state index in [2.05, 4.69) is 10.2 Å². The number of nitrogens with one attached hydrogen (secondary N) is 1. The summed E-state index contributed by atoms with van der Waals surface area (Å²) in [5, 5.41) is 11.1. The van der Waals surface area contributed by atoms with Crippen molar-refractivity contribution in [2.75, 3.05) is 24.6 Å². The van der Waals surface area contributed by atoms with Gasteiger partial charge in [-0.05, 0) is 37.3 Å². The first-order valence-corrected chi connectivity index (χ1v) is 9.21. The summed E-state index contributed by atoms with van der Waals surface area (Å²) in [5.41, 5.74) is 1.36. The highest BCUT2D eigenvalue weighted by atomic mass is 16.3. The van der Waals surface area contributed by atoms with Gasteiger partial charge in [0, 0.05) is 26.1 Å². The quantitative estimate of drug-likeness (QED) is 0.721. The van der Waals surface area contributed by atoms with E-state index < -0.39 is 23.8 Å². The van der Waals surface area contributed by atoms with Crippen molar-refractivity contribution in [3.63, 3.8) is 0 Å². The van der Waals surface area contributed by atoms with Crippen LogP contribution in [0.4, 0.5) is 5.69 Å². The predicted molar refractivity (Wildman–Crippen MR) is 95.1 cm³/mol. The summed E-state index contributed by atoms with van der Waals surface area (Å²) in [6.45, 7) is 1.72. The molecule has 3 aliphatic rings. The molecule has 142 valence electrons. The zero-order valence-electron chi connectivity index (χ0n) is 14.8. The molecule has 0 aromatic heterocycles. The molecule has 1 unspecified atom stereocenters. The molecule has 0 aliphatic carbocycles. The van der Waals surface area contributed by atoms with E-state index in [1.54, 1.807) is 12.1 Å². The van der Waals surface area contributed by atoms with Crippen molar-refractivity contribution in [3.8, 4) is 0 Å². The van der Waals surface area contributed by atoms with Gasteiger partial charge in [-0.25, -0.2) is 0 Å². The lowest BCUT2D eigenvalue weighted by atomic mass is 9.92. The van der Waals surface area contributed by atoms with Crippen molar-refractivity contribution in [2.24, 2.45) is 5.92 Å². The molecule has 0 bridgehead atoms. The summed E-state index contributed by atoms with van der Waals surface area (Å²) < 4.78 is 0. The van der Waals surface area contributed by atoms with Crippen LogP contribution in [0.5, 0.6) is 0 Å². The molecule has 3 heterocycles. The standard InChI is InChI=1S/C19H21N3O5/c23-8-2-3-11-9-21(10-11)13-5-1-4-12-16(13)19(27)22(18(12)26)14-6-7-15(24)20-17(14)25/h1,4-5,11,14,23H,2-3,6-10H2,(H,20,24,25). The molecule has 2 N–H and O–H groups in total. The molecule has 0 spiro atoms.